The van der Waals surface area contributed by atoms with Crippen molar-refractivity contribution in [3.63, 3.8) is 0 Å². The third-order valence-electron chi connectivity index (χ3n) is 3.07. The van der Waals surface area contributed by atoms with Crippen LogP contribution in [0.25, 0.3) is 0 Å². The van der Waals surface area contributed by atoms with Crippen molar-refractivity contribution in [3.8, 4) is 0 Å². The lowest BCUT2D eigenvalue weighted by Crippen LogP contribution is -2.28. The summed E-state index contributed by atoms with van der Waals surface area (Å²) in [6.07, 6.45) is 0.497. The van der Waals surface area contributed by atoms with Gasteiger partial charge in [0.15, 0.2) is 5.78 Å². The van der Waals surface area contributed by atoms with Crippen LogP contribution in [0.15, 0.2) is 18.2 Å². The average Bonchev–Trinajstić information content (AvgIpc) is 2.68. The van der Waals surface area contributed by atoms with Crippen molar-refractivity contribution in [2.45, 2.75) is 20.3 Å². The number of ketones is 1. The highest BCUT2D eigenvalue weighted by Gasteiger charge is 2.24. The second kappa shape index (κ2) is 4.08. The highest BCUT2D eigenvalue weighted by atomic mass is 16.2. The molecule has 1 aliphatic rings. The molecule has 2 rings (SSSR count). The molecular weight excluding hydrogens is 202 g/mol. The van der Waals surface area contributed by atoms with E-state index in [1.807, 2.05) is 32.0 Å². The summed E-state index contributed by atoms with van der Waals surface area (Å²) in [5.74, 6) is 0.117. The van der Waals surface area contributed by atoms with Crippen LogP contribution in [0, 0.1) is 13.8 Å². The van der Waals surface area contributed by atoms with Crippen molar-refractivity contribution in [3.05, 3.63) is 34.9 Å². The van der Waals surface area contributed by atoms with Gasteiger partial charge < -0.3 is 4.90 Å². The molecule has 0 spiro atoms. The molecule has 1 aromatic rings. The van der Waals surface area contributed by atoms with Crippen LogP contribution in [-0.2, 0) is 4.79 Å². The molecule has 0 aromatic heterocycles. The molecule has 0 N–H and O–H groups in total. The van der Waals surface area contributed by atoms with Crippen LogP contribution in [0.4, 0.5) is 0 Å². The molecule has 1 amide bonds. The Morgan fingerprint density at radius 1 is 1.25 bits per heavy atom. The van der Waals surface area contributed by atoms with Gasteiger partial charge in [-0.05, 0) is 37.1 Å². The number of amides is 1. The first-order chi connectivity index (χ1) is 7.58. The van der Waals surface area contributed by atoms with E-state index in [1.54, 1.807) is 4.90 Å². The smallest absolute Gasteiger partial charge is 0.254 e. The fourth-order valence-corrected chi connectivity index (χ4v) is 1.86. The fourth-order valence-electron chi connectivity index (χ4n) is 1.86. The van der Waals surface area contributed by atoms with Gasteiger partial charge in [0.25, 0.3) is 5.91 Å². The summed E-state index contributed by atoms with van der Waals surface area (Å²) < 4.78 is 0. The molecule has 16 heavy (non-hydrogen) atoms. The van der Waals surface area contributed by atoms with E-state index in [0.29, 0.717) is 18.5 Å². The number of hydrogen-bond acceptors (Lipinski definition) is 2. The van der Waals surface area contributed by atoms with Crippen LogP contribution in [-0.4, -0.2) is 29.7 Å². The third kappa shape index (κ3) is 1.98. The van der Waals surface area contributed by atoms with Crippen molar-refractivity contribution >= 4 is 11.7 Å². The summed E-state index contributed by atoms with van der Waals surface area (Å²) >= 11 is 0. The predicted molar refractivity (Wildman–Crippen MR) is 61.4 cm³/mol. The molecule has 0 radical (unpaired) electrons. The molecule has 0 atom stereocenters. The number of carbonyl (C=O) groups excluding carboxylic acids is 2. The minimum absolute atomic E-state index is 0.0334. The number of Topliss-reactive ketones (excluding diaryl/α,β-unsaturated/α-hetero) is 1. The lowest BCUT2D eigenvalue weighted by Gasteiger charge is -2.14. The van der Waals surface area contributed by atoms with Gasteiger partial charge in [-0.3, -0.25) is 9.59 Å². The maximum Gasteiger partial charge on any atom is 0.254 e. The van der Waals surface area contributed by atoms with Crippen molar-refractivity contribution in [1.82, 2.24) is 4.90 Å². The molecule has 1 aliphatic heterocycles. The van der Waals surface area contributed by atoms with Crippen molar-refractivity contribution in [2.24, 2.45) is 0 Å². The Kier molecular flexibility index (Phi) is 2.77. The van der Waals surface area contributed by atoms with Crippen LogP contribution in [0.2, 0.25) is 0 Å². The van der Waals surface area contributed by atoms with E-state index < -0.39 is 0 Å². The second-order valence-electron chi connectivity index (χ2n) is 4.31. The van der Waals surface area contributed by atoms with Gasteiger partial charge in [-0.2, -0.15) is 0 Å². The number of rotatable bonds is 1. The summed E-state index contributed by atoms with van der Waals surface area (Å²) in [7, 11) is 0. The van der Waals surface area contributed by atoms with Gasteiger partial charge >= 0.3 is 0 Å². The van der Waals surface area contributed by atoms with Crippen LogP contribution in [0.3, 0.4) is 0 Å². The van der Waals surface area contributed by atoms with E-state index in [9.17, 15) is 9.59 Å². The SMILES string of the molecule is Cc1ccc(C(=O)N2CCC(=O)C2)cc1C. The summed E-state index contributed by atoms with van der Waals surface area (Å²) in [5.41, 5.74) is 2.96. The second-order valence-corrected chi connectivity index (χ2v) is 4.31. The van der Waals surface area contributed by atoms with E-state index in [1.165, 1.54) is 5.56 Å². The molecule has 0 saturated carbocycles. The van der Waals surface area contributed by atoms with E-state index in [-0.39, 0.29) is 18.2 Å². The largest absolute Gasteiger partial charge is 0.331 e. The number of nitrogens with zero attached hydrogens (tertiary/aromatic N) is 1. The van der Waals surface area contributed by atoms with Gasteiger partial charge in [-0.15, -0.1) is 0 Å². The Hall–Kier alpha value is -1.64. The lowest BCUT2D eigenvalue weighted by atomic mass is 10.1. The summed E-state index contributed by atoms with van der Waals surface area (Å²) in [4.78, 5) is 24.8. The Morgan fingerprint density at radius 3 is 2.56 bits per heavy atom. The number of aryl methyl sites for hydroxylation is 2. The third-order valence-corrected chi connectivity index (χ3v) is 3.07. The predicted octanol–water partition coefficient (Wildman–Crippen LogP) is 1.72. The van der Waals surface area contributed by atoms with Gasteiger partial charge in [0.1, 0.15) is 0 Å². The van der Waals surface area contributed by atoms with Gasteiger partial charge in [0.05, 0.1) is 6.54 Å². The summed E-state index contributed by atoms with van der Waals surface area (Å²) in [5, 5.41) is 0. The van der Waals surface area contributed by atoms with Crippen molar-refractivity contribution in [1.29, 1.82) is 0 Å². The van der Waals surface area contributed by atoms with E-state index in [0.717, 1.165) is 5.56 Å². The van der Waals surface area contributed by atoms with Crippen LogP contribution in [0.5, 0.6) is 0 Å². The highest BCUT2D eigenvalue weighted by Crippen LogP contribution is 2.14. The number of benzene rings is 1. The zero-order valence-electron chi connectivity index (χ0n) is 9.62. The monoisotopic (exact) mass is 217 g/mol. The Morgan fingerprint density at radius 2 is 2.00 bits per heavy atom. The minimum Gasteiger partial charge on any atom is -0.331 e. The molecule has 0 bridgehead atoms. The molecule has 1 aromatic carbocycles. The number of likely N-dealkylation sites (tertiary alicyclic amines) is 1. The average molecular weight is 217 g/mol. The van der Waals surface area contributed by atoms with Crippen LogP contribution < -0.4 is 0 Å². The molecular formula is C13H15NO2. The summed E-state index contributed by atoms with van der Waals surface area (Å²) in [6, 6.07) is 5.66. The molecule has 3 nitrogen and oxygen atoms in total. The van der Waals surface area contributed by atoms with Gasteiger partial charge in [-0.1, -0.05) is 6.07 Å². The van der Waals surface area contributed by atoms with Crippen molar-refractivity contribution in [2.75, 3.05) is 13.1 Å². The topological polar surface area (TPSA) is 37.4 Å². The maximum absolute atomic E-state index is 12.0. The van der Waals surface area contributed by atoms with Gasteiger partial charge in [-0.25, -0.2) is 0 Å². The number of hydrogen-bond donors (Lipinski definition) is 0. The van der Waals surface area contributed by atoms with E-state index in [2.05, 4.69) is 0 Å². The molecule has 1 heterocycles. The minimum atomic E-state index is -0.0334. The lowest BCUT2D eigenvalue weighted by molar-refractivity contribution is -0.116. The summed E-state index contributed by atoms with van der Waals surface area (Å²) in [6.45, 7) is 4.83. The molecule has 0 aliphatic carbocycles. The molecule has 1 fully saturated rings. The standard InChI is InChI=1S/C13H15NO2/c1-9-3-4-11(7-10(9)2)13(16)14-6-5-12(15)8-14/h3-4,7H,5-6,8H2,1-2H3. The first kappa shape index (κ1) is 10.9. The number of carbonyl (C=O) groups is 2. The quantitative estimate of drug-likeness (QED) is 0.718. The van der Waals surface area contributed by atoms with Crippen LogP contribution >= 0.6 is 0 Å². The molecule has 3 heteroatoms. The highest BCUT2D eigenvalue weighted by molar-refractivity contribution is 5.98. The Labute approximate surface area is 95.1 Å². The van der Waals surface area contributed by atoms with Crippen LogP contribution in [0.1, 0.15) is 27.9 Å². The fraction of sp³-hybridized carbons (Fsp3) is 0.385. The zero-order valence-corrected chi connectivity index (χ0v) is 9.62. The normalized spacial score (nSPS) is 15.6. The molecule has 0 unspecified atom stereocenters. The van der Waals surface area contributed by atoms with Gasteiger partial charge in [0, 0.05) is 18.5 Å². The first-order valence-corrected chi connectivity index (χ1v) is 5.46. The Balaban J connectivity index is 2.21. The molecule has 84 valence electrons. The molecule has 1 saturated heterocycles. The van der Waals surface area contributed by atoms with Gasteiger partial charge in [0.2, 0.25) is 0 Å². The van der Waals surface area contributed by atoms with Crippen molar-refractivity contribution < 1.29 is 9.59 Å². The maximum atomic E-state index is 12.0. The van der Waals surface area contributed by atoms with E-state index in [4.69, 9.17) is 0 Å². The van der Waals surface area contributed by atoms with E-state index >= 15 is 0 Å². The first-order valence-electron chi connectivity index (χ1n) is 5.46. The Bertz CT molecular complexity index is 451. The zero-order chi connectivity index (χ0) is 11.7.